The van der Waals surface area contributed by atoms with Gasteiger partial charge in [0.05, 0.1) is 28.5 Å². The second-order valence-corrected chi connectivity index (χ2v) is 9.00. The molecule has 7 rings (SSSR count). The molecule has 0 N–H and O–H groups in total. The van der Waals surface area contributed by atoms with Crippen LogP contribution in [-0.2, 0) is 0 Å². The number of rotatable bonds is 5. The Morgan fingerprint density at radius 3 is 1.67 bits per heavy atom. The lowest BCUT2D eigenvalue weighted by atomic mass is 10.0. The standard InChI is InChI=1S/C32H21N7/c1-2-6-25(7-3-1)39-37-31-21-24(29-10-4-8-27(35-29)22-12-16-33-17-13-22)20-26(32(31)38-39)30-11-5-9-28(36-30)23-14-18-34-19-15-23/h1-21H. The van der Waals surface area contributed by atoms with Crippen LogP contribution in [-0.4, -0.2) is 34.9 Å². The lowest BCUT2D eigenvalue weighted by Crippen LogP contribution is -1.97. The van der Waals surface area contributed by atoms with Gasteiger partial charge in [0.25, 0.3) is 0 Å². The Kier molecular flexibility index (Phi) is 5.64. The van der Waals surface area contributed by atoms with Gasteiger partial charge in [0.15, 0.2) is 0 Å². The highest BCUT2D eigenvalue weighted by atomic mass is 15.5. The second-order valence-electron chi connectivity index (χ2n) is 9.00. The van der Waals surface area contributed by atoms with E-state index in [1.807, 2.05) is 97.1 Å². The highest BCUT2D eigenvalue weighted by Gasteiger charge is 2.16. The molecule has 0 aliphatic rings. The third-order valence-electron chi connectivity index (χ3n) is 6.50. The maximum Gasteiger partial charge on any atom is 0.123 e. The lowest BCUT2D eigenvalue weighted by Gasteiger charge is -2.09. The summed E-state index contributed by atoms with van der Waals surface area (Å²) in [6.07, 6.45) is 7.10. The number of pyridine rings is 4. The molecular formula is C32H21N7. The van der Waals surface area contributed by atoms with Gasteiger partial charge in [-0.05, 0) is 72.8 Å². The van der Waals surface area contributed by atoms with Crippen molar-refractivity contribution in [3.05, 3.63) is 128 Å². The molecule has 5 heterocycles. The van der Waals surface area contributed by atoms with Crippen molar-refractivity contribution in [2.24, 2.45) is 0 Å². The molecule has 0 aliphatic heterocycles. The van der Waals surface area contributed by atoms with Gasteiger partial charge < -0.3 is 0 Å². The van der Waals surface area contributed by atoms with Crippen molar-refractivity contribution in [1.29, 1.82) is 0 Å². The predicted octanol–water partition coefficient (Wildman–Crippen LogP) is 6.67. The van der Waals surface area contributed by atoms with E-state index >= 15 is 0 Å². The Bertz CT molecular complexity index is 1900. The minimum absolute atomic E-state index is 0.763. The zero-order valence-electron chi connectivity index (χ0n) is 20.8. The molecule has 7 nitrogen and oxygen atoms in total. The second kappa shape index (κ2) is 9.72. The molecule has 7 heteroatoms. The number of hydrogen-bond donors (Lipinski definition) is 0. The van der Waals surface area contributed by atoms with Gasteiger partial charge in [-0.2, -0.15) is 4.80 Å². The molecule has 5 aromatic heterocycles. The SMILES string of the molecule is c1ccc(-n2nc3cc(-c4cccc(-c5ccncc5)n4)cc(-c4cccc(-c5ccncc5)n4)c3n2)cc1. The van der Waals surface area contributed by atoms with Crippen LogP contribution in [0.1, 0.15) is 0 Å². The van der Waals surface area contributed by atoms with Crippen LogP contribution in [0.5, 0.6) is 0 Å². The van der Waals surface area contributed by atoms with Crippen LogP contribution in [0.25, 0.3) is 61.8 Å². The summed E-state index contributed by atoms with van der Waals surface area (Å²) in [5.74, 6) is 0. The minimum Gasteiger partial charge on any atom is -0.265 e. The summed E-state index contributed by atoms with van der Waals surface area (Å²) in [5.41, 5.74) is 9.64. The summed E-state index contributed by atoms with van der Waals surface area (Å²) in [5, 5.41) is 9.74. The van der Waals surface area contributed by atoms with Gasteiger partial charge in [0.2, 0.25) is 0 Å². The van der Waals surface area contributed by atoms with Gasteiger partial charge >= 0.3 is 0 Å². The number of fused-ring (bicyclic) bond motifs is 1. The van der Waals surface area contributed by atoms with Crippen LogP contribution in [0.2, 0.25) is 0 Å². The molecule has 2 aromatic carbocycles. The summed E-state index contributed by atoms with van der Waals surface area (Å²) in [7, 11) is 0. The van der Waals surface area contributed by atoms with Crippen molar-refractivity contribution in [3.8, 4) is 50.7 Å². The zero-order chi connectivity index (χ0) is 26.0. The van der Waals surface area contributed by atoms with Gasteiger partial charge in [0, 0.05) is 47.0 Å². The van der Waals surface area contributed by atoms with Crippen LogP contribution in [0.3, 0.4) is 0 Å². The average molecular weight is 504 g/mol. The number of nitrogens with zero attached hydrogens (tertiary/aromatic N) is 7. The largest absolute Gasteiger partial charge is 0.265 e. The molecule has 0 aliphatic carbocycles. The summed E-state index contributed by atoms with van der Waals surface area (Å²) in [6, 6.07) is 33.9. The van der Waals surface area contributed by atoms with Crippen molar-refractivity contribution in [2.45, 2.75) is 0 Å². The van der Waals surface area contributed by atoms with Gasteiger partial charge in [-0.15, -0.1) is 10.2 Å². The summed E-state index contributed by atoms with van der Waals surface area (Å²) in [6.45, 7) is 0. The molecule has 39 heavy (non-hydrogen) atoms. The van der Waals surface area contributed by atoms with E-state index in [4.69, 9.17) is 20.2 Å². The maximum atomic E-state index is 5.01. The third kappa shape index (κ3) is 4.42. The van der Waals surface area contributed by atoms with Gasteiger partial charge in [-0.1, -0.05) is 30.3 Å². The van der Waals surface area contributed by atoms with E-state index in [0.717, 1.165) is 61.8 Å². The first-order valence-corrected chi connectivity index (χ1v) is 12.5. The number of benzene rings is 2. The molecule has 0 bridgehead atoms. The molecule has 184 valence electrons. The fraction of sp³-hybridized carbons (Fsp3) is 0. The molecule has 0 radical (unpaired) electrons. The van der Waals surface area contributed by atoms with Crippen molar-refractivity contribution in [1.82, 2.24) is 34.9 Å². The Morgan fingerprint density at radius 2 is 1.03 bits per heavy atom. The highest BCUT2D eigenvalue weighted by molar-refractivity contribution is 5.94. The van der Waals surface area contributed by atoms with E-state index in [2.05, 4.69) is 16.0 Å². The van der Waals surface area contributed by atoms with Crippen LogP contribution < -0.4 is 0 Å². The maximum absolute atomic E-state index is 5.01. The molecular weight excluding hydrogens is 482 g/mol. The van der Waals surface area contributed by atoms with E-state index in [-0.39, 0.29) is 0 Å². The molecule has 7 aromatic rings. The fourth-order valence-corrected chi connectivity index (χ4v) is 4.59. The number of hydrogen-bond acceptors (Lipinski definition) is 6. The summed E-state index contributed by atoms with van der Waals surface area (Å²) >= 11 is 0. The van der Waals surface area contributed by atoms with Crippen LogP contribution in [0.15, 0.2) is 128 Å². The smallest absolute Gasteiger partial charge is 0.123 e. The Balaban J connectivity index is 1.42. The Morgan fingerprint density at radius 1 is 0.462 bits per heavy atom. The van der Waals surface area contributed by atoms with E-state index < -0.39 is 0 Å². The van der Waals surface area contributed by atoms with E-state index in [1.54, 1.807) is 29.6 Å². The third-order valence-corrected chi connectivity index (χ3v) is 6.50. The average Bonchev–Trinajstić information content (AvgIpc) is 3.47. The summed E-state index contributed by atoms with van der Waals surface area (Å²) in [4.78, 5) is 19.9. The zero-order valence-corrected chi connectivity index (χ0v) is 20.8. The van der Waals surface area contributed by atoms with Gasteiger partial charge in [-0.3, -0.25) is 9.97 Å². The van der Waals surface area contributed by atoms with Crippen molar-refractivity contribution in [3.63, 3.8) is 0 Å². The summed E-state index contributed by atoms with van der Waals surface area (Å²) < 4.78 is 0. The normalized spacial score (nSPS) is 11.1. The quantitative estimate of drug-likeness (QED) is 0.261. The molecule has 0 atom stereocenters. The first kappa shape index (κ1) is 22.6. The van der Waals surface area contributed by atoms with Gasteiger partial charge in [0.1, 0.15) is 11.0 Å². The van der Waals surface area contributed by atoms with E-state index in [0.29, 0.717) is 0 Å². The van der Waals surface area contributed by atoms with Crippen molar-refractivity contribution >= 4 is 11.0 Å². The van der Waals surface area contributed by atoms with Crippen LogP contribution in [0.4, 0.5) is 0 Å². The first-order valence-electron chi connectivity index (χ1n) is 12.5. The topological polar surface area (TPSA) is 82.3 Å². The minimum atomic E-state index is 0.763. The molecule has 0 unspecified atom stereocenters. The van der Waals surface area contributed by atoms with Gasteiger partial charge in [-0.25, -0.2) is 9.97 Å². The Hall–Kier alpha value is -5.56. The predicted molar refractivity (Wildman–Crippen MR) is 152 cm³/mol. The van der Waals surface area contributed by atoms with Crippen LogP contribution >= 0.6 is 0 Å². The number of para-hydroxylation sites is 1. The highest BCUT2D eigenvalue weighted by Crippen LogP contribution is 2.33. The van der Waals surface area contributed by atoms with Crippen molar-refractivity contribution < 1.29 is 0 Å². The molecule has 0 amide bonds. The van der Waals surface area contributed by atoms with Crippen molar-refractivity contribution in [2.75, 3.05) is 0 Å². The van der Waals surface area contributed by atoms with Crippen LogP contribution in [0, 0.1) is 0 Å². The molecule has 0 saturated carbocycles. The first-order chi connectivity index (χ1) is 19.3. The molecule has 0 spiro atoms. The monoisotopic (exact) mass is 503 g/mol. The van der Waals surface area contributed by atoms with E-state index in [9.17, 15) is 0 Å². The van der Waals surface area contributed by atoms with E-state index in [1.165, 1.54) is 0 Å². The molecule has 0 saturated heterocycles. The lowest BCUT2D eigenvalue weighted by molar-refractivity contribution is 0.766. The fourth-order valence-electron chi connectivity index (χ4n) is 4.59. The number of aromatic nitrogens is 7. The molecule has 0 fully saturated rings. The Labute approximate surface area is 224 Å².